The zero-order chi connectivity index (χ0) is 25.0. The summed E-state index contributed by atoms with van der Waals surface area (Å²) in [5, 5.41) is 9.35. The average Bonchev–Trinajstić information content (AvgIpc) is 3.21. The average molecular weight is 506 g/mol. The number of rotatable bonds is 8. The predicted molar refractivity (Wildman–Crippen MR) is 127 cm³/mol. The number of ether oxygens (including phenoxy) is 1. The summed E-state index contributed by atoms with van der Waals surface area (Å²) in [6.45, 7) is 2.83. The Bertz CT molecular complexity index is 1150. The van der Waals surface area contributed by atoms with Gasteiger partial charge in [0.05, 0.1) is 18.3 Å². The molecule has 1 aromatic heterocycles. The van der Waals surface area contributed by atoms with Crippen LogP contribution in [0.2, 0.25) is 0 Å². The van der Waals surface area contributed by atoms with Crippen LogP contribution in [0.5, 0.6) is 0 Å². The van der Waals surface area contributed by atoms with Gasteiger partial charge < -0.3 is 15.0 Å². The van der Waals surface area contributed by atoms with Gasteiger partial charge in [0.15, 0.2) is 11.0 Å². The van der Waals surface area contributed by atoms with E-state index in [9.17, 15) is 18.0 Å². The third kappa shape index (κ3) is 6.22. The number of aromatic nitrogens is 3. The molecular weight excluding hydrogens is 479 g/mol. The molecule has 1 aliphatic heterocycles. The first kappa shape index (κ1) is 25.2. The molecule has 0 aliphatic carbocycles. The van der Waals surface area contributed by atoms with Crippen LogP contribution < -0.4 is 5.73 Å². The number of nitrogens with two attached hydrogens (primary N) is 1. The van der Waals surface area contributed by atoms with Crippen LogP contribution in [0.15, 0.2) is 53.7 Å². The predicted octanol–water partition coefficient (Wildman–Crippen LogP) is 4.16. The molecule has 7 nitrogen and oxygen atoms in total. The summed E-state index contributed by atoms with van der Waals surface area (Å²) in [7, 11) is 1.90. The number of halogens is 3. The molecule has 0 radical (unpaired) electrons. The summed E-state index contributed by atoms with van der Waals surface area (Å²) in [5.41, 5.74) is 6.68. The molecular formula is C24H26F3N5O2S. The highest BCUT2D eigenvalue weighted by molar-refractivity contribution is 7.99. The van der Waals surface area contributed by atoms with E-state index >= 15 is 0 Å². The monoisotopic (exact) mass is 505 g/mol. The first-order valence-corrected chi connectivity index (χ1v) is 12.1. The van der Waals surface area contributed by atoms with Crippen LogP contribution in [-0.2, 0) is 18.0 Å². The smallest absolute Gasteiger partial charge is 0.371 e. The number of carbonyl (C=O) groups excluding carboxylic acids is 1. The van der Waals surface area contributed by atoms with Gasteiger partial charge in [0, 0.05) is 37.0 Å². The Balaban J connectivity index is 1.26. The third-order valence-electron chi connectivity index (χ3n) is 5.87. The van der Waals surface area contributed by atoms with Crippen molar-refractivity contribution >= 4 is 17.7 Å². The van der Waals surface area contributed by atoms with Crippen molar-refractivity contribution in [3.63, 3.8) is 0 Å². The van der Waals surface area contributed by atoms with Gasteiger partial charge in [-0.3, -0.25) is 9.69 Å². The van der Waals surface area contributed by atoms with Gasteiger partial charge in [0.25, 0.3) is 0 Å². The van der Waals surface area contributed by atoms with Gasteiger partial charge in [-0.05, 0) is 42.8 Å². The number of morpholine rings is 1. The molecule has 0 saturated carbocycles. The van der Waals surface area contributed by atoms with E-state index in [1.165, 1.54) is 12.1 Å². The summed E-state index contributed by atoms with van der Waals surface area (Å²) >= 11 is 1.61. The first-order chi connectivity index (χ1) is 16.7. The summed E-state index contributed by atoms with van der Waals surface area (Å²) < 4.78 is 46.1. The van der Waals surface area contributed by atoms with Crippen LogP contribution in [0.25, 0.3) is 11.4 Å². The van der Waals surface area contributed by atoms with Crippen LogP contribution in [0.3, 0.4) is 0 Å². The van der Waals surface area contributed by atoms with Gasteiger partial charge in [-0.15, -0.1) is 10.2 Å². The zero-order valence-electron chi connectivity index (χ0n) is 19.2. The maximum Gasteiger partial charge on any atom is 0.416 e. The number of benzene rings is 2. The lowest BCUT2D eigenvalue weighted by Gasteiger charge is -2.33. The molecule has 3 aromatic rings. The van der Waals surface area contributed by atoms with Crippen molar-refractivity contribution in [1.82, 2.24) is 19.7 Å². The van der Waals surface area contributed by atoms with Crippen LogP contribution in [-0.4, -0.2) is 57.6 Å². The van der Waals surface area contributed by atoms with E-state index in [0.717, 1.165) is 53.7 Å². The second kappa shape index (κ2) is 10.8. The minimum atomic E-state index is -4.34. The lowest BCUT2D eigenvalue weighted by Crippen LogP contribution is -2.39. The molecule has 35 heavy (non-hydrogen) atoms. The minimum Gasteiger partial charge on any atom is -0.371 e. The van der Waals surface area contributed by atoms with Crippen molar-refractivity contribution in [2.24, 2.45) is 12.8 Å². The molecule has 0 bridgehead atoms. The third-order valence-corrected chi connectivity index (χ3v) is 6.98. The lowest BCUT2D eigenvalue weighted by atomic mass is 10.1. The second-order valence-electron chi connectivity index (χ2n) is 8.29. The fraction of sp³-hybridized carbons (Fsp3) is 0.375. The Hall–Kier alpha value is -2.89. The number of thioether (sulfide) groups is 1. The Morgan fingerprint density at radius 1 is 1.14 bits per heavy atom. The minimum absolute atomic E-state index is 0.235. The number of nitrogens with zero attached hydrogens (tertiary/aromatic N) is 4. The van der Waals surface area contributed by atoms with Crippen LogP contribution >= 0.6 is 11.8 Å². The molecule has 0 spiro atoms. The highest BCUT2D eigenvalue weighted by Gasteiger charge is 2.30. The van der Waals surface area contributed by atoms with Crippen molar-refractivity contribution in [1.29, 1.82) is 0 Å². The van der Waals surface area contributed by atoms with E-state index in [1.54, 1.807) is 36.0 Å². The maximum absolute atomic E-state index is 12.8. The molecule has 1 amide bonds. The fourth-order valence-electron chi connectivity index (χ4n) is 3.92. The number of primary amides is 1. The van der Waals surface area contributed by atoms with Crippen LogP contribution in [0.1, 0.15) is 34.0 Å². The highest BCUT2D eigenvalue weighted by Crippen LogP contribution is 2.31. The zero-order valence-corrected chi connectivity index (χ0v) is 20.0. The summed E-state index contributed by atoms with van der Waals surface area (Å²) in [4.78, 5) is 13.5. The summed E-state index contributed by atoms with van der Waals surface area (Å²) in [6, 6.07) is 12.1. The van der Waals surface area contributed by atoms with E-state index in [-0.39, 0.29) is 6.10 Å². The van der Waals surface area contributed by atoms with E-state index in [2.05, 4.69) is 15.1 Å². The standard InChI is InChI=1S/C24H26F3N5O2S/c1-31-22(18-5-3-17(4-6-18)21(28)33)29-30-23(31)35-14-2-11-32-12-13-34-20(15-32)16-7-9-19(10-8-16)24(25,26)27/h3-10,20H,2,11-15H2,1H3,(H2,28,33)/t20-/m0/s1. The molecule has 1 aliphatic rings. The second-order valence-corrected chi connectivity index (χ2v) is 9.35. The van der Waals surface area contributed by atoms with Crippen LogP contribution in [0.4, 0.5) is 13.2 Å². The van der Waals surface area contributed by atoms with Gasteiger partial charge in [-0.25, -0.2) is 0 Å². The number of alkyl halides is 3. The molecule has 11 heteroatoms. The summed E-state index contributed by atoms with van der Waals surface area (Å²) in [5.74, 6) is 1.07. The van der Waals surface area contributed by atoms with Gasteiger partial charge >= 0.3 is 6.18 Å². The van der Waals surface area contributed by atoms with Gasteiger partial charge in [-0.2, -0.15) is 13.2 Å². The highest BCUT2D eigenvalue weighted by atomic mass is 32.2. The van der Waals surface area contributed by atoms with Crippen molar-refractivity contribution < 1.29 is 22.7 Å². The Morgan fingerprint density at radius 2 is 1.86 bits per heavy atom. The summed E-state index contributed by atoms with van der Waals surface area (Å²) in [6.07, 6.45) is -3.66. The van der Waals surface area contributed by atoms with E-state index in [1.807, 2.05) is 11.6 Å². The molecule has 4 rings (SSSR count). The first-order valence-electron chi connectivity index (χ1n) is 11.2. The molecule has 2 N–H and O–H groups in total. The lowest BCUT2D eigenvalue weighted by molar-refractivity contribution is -0.137. The quantitative estimate of drug-likeness (QED) is 0.366. The molecule has 1 saturated heterocycles. The van der Waals surface area contributed by atoms with Gasteiger partial charge in [-0.1, -0.05) is 36.0 Å². The fourth-order valence-corrected chi connectivity index (χ4v) is 4.76. The molecule has 2 aromatic carbocycles. The number of carbonyl (C=O) groups is 1. The van der Waals surface area contributed by atoms with E-state index in [4.69, 9.17) is 10.5 Å². The number of hydrogen-bond donors (Lipinski definition) is 1. The molecule has 1 atom stereocenters. The molecule has 1 fully saturated rings. The topological polar surface area (TPSA) is 86.3 Å². The van der Waals surface area contributed by atoms with E-state index < -0.39 is 17.6 Å². The van der Waals surface area contributed by atoms with Gasteiger partial charge in [0.1, 0.15) is 0 Å². The SMILES string of the molecule is Cn1c(SCCCN2CCO[C@H](c3ccc(C(F)(F)F)cc3)C2)nnc1-c1ccc(C(N)=O)cc1. The number of hydrogen-bond acceptors (Lipinski definition) is 6. The Morgan fingerprint density at radius 3 is 2.51 bits per heavy atom. The molecule has 0 unspecified atom stereocenters. The molecule has 186 valence electrons. The van der Waals surface area contributed by atoms with Gasteiger partial charge in [0.2, 0.25) is 5.91 Å². The normalized spacial score (nSPS) is 17.0. The Kier molecular flexibility index (Phi) is 7.78. The van der Waals surface area contributed by atoms with E-state index in [0.29, 0.717) is 24.5 Å². The van der Waals surface area contributed by atoms with Crippen molar-refractivity contribution in [2.45, 2.75) is 23.9 Å². The van der Waals surface area contributed by atoms with Crippen molar-refractivity contribution in [3.8, 4) is 11.4 Å². The van der Waals surface area contributed by atoms with Crippen molar-refractivity contribution in [2.75, 3.05) is 32.0 Å². The number of amides is 1. The largest absolute Gasteiger partial charge is 0.416 e. The Labute approximate surface area is 205 Å². The van der Waals surface area contributed by atoms with Crippen LogP contribution in [0, 0.1) is 0 Å². The maximum atomic E-state index is 12.8. The van der Waals surface area contributed by atoms with Crippen molar-refractivity contribution in [3.05, 3.63) is 65.2 Å². The molecule has 2 heterocycles.